The first kappa shape index (κ1) is 18.6. The molecule has 2 aromatic heterocycles. The van der Waals surface area contributed by atoms with Crippen LogP contribution in [0.25, 0.3) is 11.3 Å². The van der Waals surface area contributed by atoms with Crippen molar-refractivity contribution in [1.82, 2.24) is 14.9 Å². The van der Waals surface area contributed by atoms with Gasteiger partial charge in [-0.15, -0.1) is 0 Å². The Labute approximate surface area is 168 Å². The summed E-state index contributed by atoms with van der Waals surface area (Å²) < 4.78 is 0. The van der Waals surface area contributed by atoms with Crippen molar-refractivity contribution >= 4 is 17.2 Å². The molecule has 0 aliphatic carbocycles. The first-order chi connectivity index (χ1) is 13.6. The number of aromatic amines is 1. The number of H-pyrrole nitrogens is 1. The van der Waals surface area contributed by atoms with Gasteiger partial charge in [0, 0.05) is 36.0 Å². The molecule has 1 aliphatic heterocycles. The van der Waals surface area contributed by atoms with E-state index in [0.29, 0.717) is 24.5 Å². The molecule has 144 valence electrons. The zero-order valence-corrected chi connectivity index (χ0v) is 16.7. The van der Waals surface area contributed by atoms with Gasteiger partial charge in [-0.3, -0.25) is 9.59 Å². The second-order valence-electron chi connectivity index (χ2n) is 7.37. The van der Waals surface area contributed by atoms with Crippen molar-refractivity contribution < 1.29 is 4.79 Å². The molecule has 3 aromatic rings. The molecule has 28 heavy (non-hydrogen) atoms. The molecule has 1 amide bonds. The number of hydrogen-bond acceptors (Lipinski definition) is 4. The molecule has 6 heteroatoms. The second kappa shape index (κ2) is 8.10. The van der Waals surface area contributed by atoms with Crippen molar-refractivity contribution in [3.05, 3.63) is 74.5 Å². The monoisotopic (exact) mass is 393 g/mol. The SMILES string of the molecule is Cc1cccc(CC(=O)N2CCCC(c3nc(-c4ccsc4)cc(=O)[nH]3)C2)c1. The van der Waals surface area contributed by atoms with Gasteiger partial charge >= 0.3 is 0 Å². The van der Waals surface area contributed by atoms with Crippen molar-refractivity contribution in [2.24, 2.45) is 0 Å². The van der Waals surface area contributed by atoms with Crippen LogP contribution in [0.5, 0.6) is 0 Å². The Bertz CT molecular complexity index is 1030. The van der Waals surface area contributed by atoms with Crippen LogP contribution >= 0.6 is 11.3 Å². The predicted molar refractivity (Wildman–Crippen MR) is 112 cm³/mol. The lowest BCUT2D eigenvalue weighted by molar-refractivity contribution is -0.131. The van der Waals surface area contributed by atoms with E-state index < -0.39 is 0 Å². The van der Waals surface area contributed by atoms with Crippen LogP contribution in [0.2, 0.25) is 0 Å². The van der Waals surface area contributed by atoms with Crippen molar-refractivity contribution in [2.45, 2.75) is 32.1 Å². The minimum absolute atomic E-state index is 0.0569. The Morgan fingerprint density at radius 2 is 2.21 bits per heavy atom. The molecule has 1 fully saturated rings. The molecule has 5 nitrogen and oxygen atoms in total. The van der Waals surface area contributed by atoms with Crippen molar-refractivity contribution in [2.75, 3.05) is 13.1 Å². The smallest absolute Gasteiger partial charge is 0.251 e. The highest BCUT2D eigenvalue weighted by molar-refractivity contribution is 7.08. The van der Waals surface area contributed by atoms with E-state index in [1.165, 1.54) is 6.07 Å². The van der Waals surface area contributed by atoms with Gasteiger partial charge in [-0.1, -0.05) is 29.8 Å². The van der Waals surface area contributed by atoms with Crippen LogP contribution in [0.1, 0.15) is 35.7 Å². The van der Waals surface area contributed by atoms with E-state index in [4.69, 9.17) is 4.98 Å². The minimum Gasteiger partial charge on any atom is -0.342 e. The van der Waals surface area contributed by atoms with Gasteiger partial charge in [-0.05, 0) is 36.8 Å². The number of nitrogens with zero attached hydrogens (tertiary/aromatic N) is 2. The summed E-state index contributed by atoms with van der Waals surface area (Å²) in [6, 6.07) is 11.6. The fraction of sp³-hybridized carbons (Fsp3) is 0.318. The summed E-state index contributed by atoms with van der Waals surface area (Å²) in [7, 11) is 0. The highest BCUT2D eigenvalue weighted by atomic mass is 32.1. The van der Waals surface area contributed by atoms with Gasteiger partial charge in [-0.2, -0.15) is 11.3 Å². The highest BCUT2D eigenvalue weighted by Gasteiger charge is 2.26. The Kier molecular flexibility index (Phi) is 5.39. The van der Waals surface area contributed by atoms with Crippen LogP contribution in [0.3, 0.4) is 0 Å². The molecule has 1 unspecified atom stereocenters. The third kappa shape index (κ3) is 4.22. The van der Waals surface area contributed by atoms with Crippen LogP contribution in [0, 0.1) is 6.92 Å². The maximum Gasteiger partial charge on any atom is 0.251 e. The molecule has 1 atom stereocenters. The van der Waals surface area contributed by atoms with E-state index >= 15 is 0 Å². The summed E-state index contributed by atoms with van der Waals surface area (Å²) >= 11 is 1.58. The van der Waals surface area contributed by atoms with E-state index in [1.54, 1.807) is 11.3 Å². The van der Waals surface area contributed by atoms with Crippen LogP contribution < -0.4 is 5.56 Å². The van der Waals surface area contributed by atoms with Gasteiger partial charge in [0.2, 0.25) is 5.91 Å². The molecule has 1 aromatic carbocycles. The average molecular weight is 394 g/mol. The number of aryl methyl sites for hydroxylation is 1. The zero-order valence-electron chi connectivity index (χ0n) is 15.9. The number of carbonyl (C=O) groups is 1. The number of rotatable bonds is 4. The quantitative estimate of drug-likeness (QED) is 0.734. The van der Waals surface area contributed by atoms with Gasteiger partial charge < -0.3 is 9.88 Å². The average Bonchev–Trinajstić information content (AvgIpc) is 3.22. The third-order valence-electron chi connectivity index (χ3n) is 5.18. The molecule has 0 spiro atoms. The Morgan fingerprint density at radius 3 is 3.00 bits per heavy atom. The first-order valence-electron chi connectivity index (χ1n) is 9.55. The normalized spacial score (nSPS) is 16.9. The molecule has 0 bridgehead atoms. The molecule has 1 saturated heterocycles. The van der Waals surface area contributed by atoms with E-state index in [-0.39, 0.29) is 17.4 Å². The second-order valence-corrected chi connectivity index (χ2v) is 8.15. The standard InChI is InChI=1S/C22H23N3O2S/c1-15-4-2-5-16(10-15)11-21(27)25-8-3-6-17(13-25)22-23-19(12-20(26)24-22)18-7-9-28-14-18/h2,4-5,7,9-10,12,14,17H,3,6,8,11,13H2,1H3,(H,23,24,26). The topological polar surface area (TPSA) is 66.1 Å². The molecular weight excluding hydrogens is 370 g/mol. The minimum atomic E-state index is -0.144. The summed E-state index contributed by atoms with van der Waals surface area (Å²) in [5.74, 6) is 0.870. The van der Waals surface area contributed by atoms with Gasteiger partial charge in [0.25, 0.3) is 5.56 Å². The van der Waals surface area contributed by atoms with Gasteiger partial charge in [-0.25, -0.2) is 4.98 Å². The number of benzene rings is 1. The number of nitrogens with one attached hydrogen (secondary N) is 1. The number of carbonyl (C=O) groups excluding carboxylic acids is 1. The summed E-state index contributed by atoms with van der Waals surface area (Å²) in [6.45, 7) is 3.39. The zero-order chi connectivity index (χ0) is 19.5. The molecule has 0 saturated carbocycles. The van der Waals surface area contributed by atoms with Crippen LogP contribution in [-0.4, -0.2) is 33.9 Å². The van der Waals surface area contributed by atoms with Crippen LogP contribution in [-0.2, 0) is 11.2 Å². The predicted octanol–water partition coefficient (Wildman–Crippen LogP) is 3.76. The van der Waals surface area contributed by atoms with E-state index in [0.717, 1.165) is 36.1 Å². The lowest BCUT2D eigenvalue weighted by Crippen LogP contribution is -2.40. The summed E-state index contributed by atoms with van der Waals surface area (Å²) in [6.07, 6.45) is 2.24. The van der Waals surface area contributed by atoms with Crippen molar-refractivity contribution in [1.29, 1.82) is 0 Å². The summed E-state index contributed by atoms with van der Waals surface area (Å²) in [5, 5.41) is 3.97. The van der Waals surface area contributed by atoms with E-state index in [9.17, 15) is 9.59 Å². The van der Waals surface area contributed by atoms with Crippen molar-refractivity contribution in [3.8, 4) is 11.3 Å². The van der Waals surface area contributed by atoms with Gasteiger partial charge in [0.15, 0.2) is 0 Å². The summed E-state index contributed by atoms with van der Waals surface area (Å²) in [4.78, 5) is 34.5. The number of amides is 1. The lowest BCUT2D eigenvalue weighted by Gasteiger charge is -2.32. The third-order valence-corrected chi connectivity index (χ3v) is 5.86. The van der Waals surface area contributed by atoms with Crippen molar-refractivity contribution in [3.63, 3.8) is 0 Å². The number of piperidine rings is 1. The molecule has 1 aliphatic rings. The van der Waals surface area contributed by atoms with Gasteiger partial charge in [0.1, 0.15) is 5.82 Å². The Balaban J connectivity index is 1.51. The fourth-order valence-corrected chi connectivity index (χ4v) is 4.41. The Hall–Kier alpha value is -2.73. The molecule has 3 heterocycles. The molecule has 4 rings (SSSR count). The van der Waals surface area contributed by atoms with Crippen LogP contribution in [0.4, 0.5) is 0 Å². The molecule has 1 N–H and O–H groups in total. The lowest BCUT2D eigenvalue weighted by atomic mass is 9.96. The Morgan fingerprint density at radius 1 is 1.32 bits per heavy atom. The van der Waals surface area contributed by atoms with Gasteiger partial charge in [0.05, 0.1) is 12.1 Å². The maximum atomic E-state index is 12.8. The first-order valence-corrected chi connectivity index (χ1v) is 10.5. The van der Waals surface area contributed by atoms with E-state index in [2.05, 4.69) is 11.1 Å². The molecular formula is C22H23N3O2S. The number of hydrogen-bond donors (Lipinski definition) is 1. The maximum absolute atomic E-state index is 12.8. The molecule has 0 radical (unpaired) electrons. The largest absolute Gasteiger partial charge is 0.342 e. The highest BCUT2D eigenvalue weighted by Crippen LogP contribution is 2.26. The van der Waals surface area contributed by atoms with Crippen LogP contribution in [0.15, 0.2) is 52.0 Å². The van der Waals surface area contributed by atoms with E-state index in [1.807, 2.05) is 46.8 Å². The number of thiophene rings is 1. The number of aromatic nitrogens is 2. The summed E-state index contributed by atoms with van der Waals surface area (Å²) in [5.41, 5.74) is 3.71. The fourth-order valence-electron chi connectivity index (χ4n) is 3.76. The number of likely N-dealkylation sites (tertiary alicyclic amines) is 1.